The largest absolute Gasteiger partial charge is 0.485 e. The van der Waals surface area contributed by atoms with E-state index in [-0.39, 0.29) is 12.2 Å². The second kappa shape index (κ2) is 6.93. The number of hydrogen-bond acceptors (Lipinski definition) is 3. The van der Waals surface area contributed by atoms with Crippen molar-refractivity contribution in [2.24, 2.45) is 0 Å². The molecule has 0 N–H and O–H groups in total. The Morgan fingerprint density at radius 3 is 1.52 bits per heavy atom. The highest BCUT2D eigenvalue weighted by atomic mass is 16.5. The minimum absolute atomic E-state index is 0.0345. The van der Waals surface area contributed by atoms with Gasteiger partial charge >= 0.3 is 0 Å². The highest BCUT2D eigenvalue weighted by Crippen LogP contribution is 2.49. The summed E-state index contributed by atoms with van der Waals surface area (Å²) >= 11 is 0. The topological polar surface area (TPSA) is 27.7 Å². The molecule has 134 valence electrons. The van der Waals surface area contributed by atoms with Crippen LogP contribution in [0.25, 0.3) is 0 Å². The SMILES string of the molecule is C1=C[C@H]2O[C@@H]1c1cc(OCc3ccccc3)c(OCc3ccccc3)cc12. The van der Waals surface area contributed by atoms with Crippen LogP contribution in [0.3, 0.4) is 0 Å². The van der Waals surface area contributed by atoms with E-state index < -0.39 is 0 Å². The Labute approximate surface area is 158 Å². The molecule has 27 heavy (non-hydrogen) atoms. The zero-order valence-corrected chi connectivity index (χ0v) is 14.9. The van der Waals surface area contributed by atoms with Crippen molar-refractivity contribution in [1.29, 1.82) is 0 Å². The van der Waals surface area contributed by atoms with E-state index in [1.165, 1.54) is 11.1 Å². The minimum atomic E-state index is 0.0345. The lowest BCUT2D eigenvalue weighted by atomic mass is 9.96. The highest BCUT2D eigenvalue weighted by Gasteiger charge is 2.35. The van der Waals surface area contributed by atoms with Gasteiger partial charge in [0.1, 0.15) is 25.4 Å². The Balaban J connectivity index is 1.42. The van der Waals surface area contributed by atoms with E-state index in [9.17, 15) is 0 Å². The summed E-state index contributed by atoms with van der Waals surface area (Å²) in [7, 11) is 0. The molecule has 2 aliphatic heterocycles. The van der Waals surface area contributed by atoms with Crippen LogP contribution in [-0.4, -0.2) is 0 Å². The molecule has 0 spiro atoms. The average molecular weight is 356 g/mol. The minimum Gasteiger partial charge on any atom is -0.485 e. The highest BCUT2D eigenvalue weighted by molar-refractivity contribution is 5.54. The Morgan fingerprint density at radius 2 is 1.07 bits per heavy atom. The fraction of sp³-hybridized carbons (Fsp3) is 0.167. The van der Waals surface area contributed by atoms with Gasteiger partial charge in [0.15, 0.2) is 11.5 Å². The van der Waals surface area contributed by atoms with E-state index in [2.05, 4.69) is 48.6 Å². The molecule has 3 nitrogen and oxygen atoms in total. The van der Waals surface area contributed by atoms with Crippen LogP contribution in [0.4, 0.5) is 0 Å². The molecular formula is C24H20O3. The standard InChI is InChI=1S/C24H20O3/c1-3-7-17(8-4-1)15-25-23-13-19-20(22-12-11-21(19)27-22)14-24(23)26-16-18-9-5-2-6-10-18/h1-14,21-22H,15-16H2/t21-,22+. The third kappa shape index (κ3) is 3.22. The maximum absolute atomic E-state index is 6.14. The number of hydrogen-bond donors (Lipinski definition) is 0. The van der Waals surface area contributed by atoms with Crippen LogP contribution in [-0.2, 0) is 18.0 Å². The van der Waals surface area contributed by atoms with Gasteiger partial charge in [-0.15, -0.1) is 0 Å². The third-order valence-electron chi connectivity index (χ3n) is 4.99. The van der Waals surface area contributed by atoms with Gasteiger partial charge in [-0.1, -0.05) is 72.8 Å². The van der Waals surface area contributed by atoms with Crippen molar-refractivity contribution < 1.29 is 14.2 Å². The van der Waals surface area contributed by atoms with Gasteiger partial charge < -0.3 is 14.2 Å². The molecule has 3 aromatic carbocycles. The molecule has 0 saturated carbocycles. The molecule has 0 fully saturated rings. The van der Waals surface area contributed by atoms with Crippen LogP contribution in [0.5, 0.6) is 11.5 Å². The summed E-state index contributed by atoms with van der Waals surface area (Å²) in [5.41, 5.74) is 4.62. The van der Waals surface area contributed by atoms with E-state index in [0.717, 1.165) is 22.6 Å². The van der Waals surface area contributed by atoms with Gasteiger partial charge in [-0.2, -0.15) is 0 Å². The molecule has 0 amide bonds. The summed E-state index contributed by atoms with van der Waals surface area (Å²) in [6.45, 7) is 1.01. The van der Waals surface area contributed by atoms with E-state index in [4.69, 9.17) is 14.2 Å². The molecule has 0 unspecified atom stereocenters. The van der Waals surface area contributed by atoms with Crippen molar-refractivity contribution in [1.82, 2.24) is 0 Å². The number of ether oxygens (including phenoxy) is 3. The number of benzene rings is 3. The molecule has 0 saturated heterocycles. The van der Waals surface area contributed by atoms with Crippen molar-refractivity contribution in [3.05, 3.63) is 107 Å². The molecular weight excluding hydrogens is 336 g/mol. The Morgan fingerprint density at radius 1 is 0.630 bits per heavy atom. The van der Waals surface area contributed by atoms with Gasteiger partial charge in [0.25, 0.3) is 0 Å². The zero-order valence-electron chi connectivity index (χ0n) is 14.9. The number of fused-ring (bicyclic) bond motifs is 5. The van der Waals surface area contributed by atoms with Crippen LogP contribution < -0.4 is 9.47 Å². The van der Waals surface area contributed by atoms with Crippen LogP contribution in [0.1, 0.15) is 34.5 Å². The zero-order chi connectivity index (χ0) is 18.1. The van der Waals surface area contributed by atoms with Crippen LogP contribution in [0.15, 0.2) is 84.9 Å². The molecule has 2 aliphatic rings. The molecule has 2 heterocycles. The van der Waals surface area contributed by atoms with Gasteiger partial charge in [0, 0.05) is 0 Å². The lowest BCUT2D eigenvalue weighted by Crippen LogP contribution is -2.03. The maximum atomic E-state index is 6.14. The van der Waals surface area contributed by atoms with Crippen molar-refractivity contribution in [2.75, 3.05) is 0 Å². The second-order valence-electron chi connectivity index (χ2n) is 6.84. The van der Waals surface area contributed by atoms with Gasteiger partial charge in [-0.3, -0.25) is 0 Å². The molecule has 0 aliphatic carbocycles. The van der Waals surface area contributed by atoms with Gasteiger partial charge in [-0.05, 0) is 34.4 Å². The summed E-state index contributed by atoms with van der Waals surface area (Å²) in [6.07, 6.45) is 4.29. The van der Waals surface area contributed by atoms with Gasteiger partial charge in [0.05, 0.1) is 0 Å². The average Bonchev–Trinajstić information content (AvgIpc) is 3.34. The van der Waals surface area contributed by atoms with Crippen LogP contribution in [0, 0.1) is 0 Å². The molecule has 0 aromatic heterocycles. The summed E-state index contributed by atoms with van der Waals surface area (Å²) in [5.74, 6) is 1.52. The third-order valence-corrected chi connectivity index (χ3v) is 4.99. The number of rotatable bonds is 6. The van der Waals surface area contributed by atoms with E-state index in [1.54, 1.807) is 0 Å². The van der Waals surface area contributed by atoms with E-state index in [0.29, 0.717) is 13.2 Å². The molecule has 0 radical (unpaired) electrons. The van der Waals surface area contributed by atoms with Crippen molar-refractivity contribution in [2.45, 2.75) is 25.4 Å². The first-order valence-corrected chi connectivity index (χ1v) is 9.22. The molecule has 2 atom stereocenters. The van der Waals surface area contributed by atoms with Crippen molar-refractivity contribution in [3.8, 4) is 11.5 Å². The normalized spacial score (nSPS) is 19.1. The van der Waals surface area contributed by atoms with Crippen molar-refractivity contribution in [3.63, 3.8) is 0 Å². The van der Waals surface area contributed by atoms with Gasteiger partial charge in [-0.25, -0.2) is 0 Å². The lowest BCUT2D eigenvalue weighted by Gasteiger charge is -2.17. The molecule has 2 bridgehead atoms. The Kier molecular flexibility index (Phi) is 4.15. The summed E-state index contributed by atoms with van der Waals surface area (Å²) in [5, 5.41) is 0. The quantitative estimate of drug-likeness (QED) is 0.544. The monoisotopic (exact) mass is 356 g/mol. The predicted molar refractivity (Wildman–Crippen MR) is 104 cm³/mol. The smallest absolute Gasteiger partial charge is 0.162 e. The Hall–Kier alpha value is -3.04. The first-order valence-electron chi connectivity index (χ1n) is 9.22. The van der Waals surface area contributed by atoms with Gasteiger partial charge in [0.2, 0.25) is 0 Å². The lowest BCUT2D eigenvalue weighted by molar-refractivity contribution is 0.0878. The first kappa shape index (κ1) is 16.2. The van der Waals surface area contributed by atoms with E-state index >= 15 is 0 Å². The second-order valence-corrected chi connectivity index (χ2v) is 6.84. The first-order chi connectivity index (χ1) is 13.4. The summed E-state index contributed by atoms with van der Waals surface area (Å²) in [6, 6.07) is 24.5. The van der Waals surface area contributed by atoms with Crippen molar-refractivity contribution >= 4 is 0 Å². The molecule has 3 aromatic rings. The predicted octanol–water partition coefficient (Wildman–Crippen LogP) is 5.53. The fourth-order valence-corrected chi connectivity index (χ4v) is 3.58. The summed E-state index contributed by atoms with van der Waals surface area (Å²) in [4.78, 5) is 0. The Bertz CT molecular complexity index is 885. The maximum Gasteiger partial charge on any atom is 0.162 e. The van der Waals surface area contributed by atoms with Crippen LogP contribution >= 0.6 is 0 Å². The van der Waals surface area contributed by atoms with E-state index in [1.807, 2.05) is 36.4 Å². The fourth-order valence-electron chi connectivity index (χ4n) is 3.58. The van der Waals surface area contributed by atoms with Crippen LogP contribution in [0.2, 0.25) is 0 Å². The molecule has 3 heteroatoms. The molecule has 5 rings (SSSR count). The summed E-state index contributed by atoms with van der Waals surface area (Å²) < 4.78 is 18.2.